The summed E-state index contributed by atoms with van der Waals surface area (Å²) in [6, 6.07) is 2.93. The fourth-order valence-corrected chi connectivity index (χ4v) is 9.14. The van der Waals surface area contributed by atoms with Crippen LogP contribution in [0, 0.1) is 17.8 Å². The van der Waals surface area contributed by atoms with Crippen molar-refractivity contribution in [1.29, 1.82) is 0 Å². The number of amides is 4. The van der Waals surface area contributed by atoms with E-state index in [1.54, 1.807) is 14.7 Å². The zero-order valence-electron chi connectivity index (χ0n) is 25.6. The first-order valence-electron chi connectivity index (χ1n) is 16.1. The number of piperazine rings is 1. The molecule has 5 heterocycles. The second kappa shape index (κ2) is 12.2. The van der Waals surface area contributed by atoms with Crippen LogP contribution in [-0.2, 0) is 29.3 Å². The highest BCUT2D eigenvalue weighted by molar-refractivity contribution is 7.52. The van der Waals surface area contributed by atoms with Crippen LogP contribution in [0.3, 0.4) is 0 Å². The normalized spacial score (nSPS) is 29.7. The number of alkyl halides is 2. The summed E-state index contributed by atoms with van der Waals surface area (Å²) in [7, 11) is -5.76. The van der Waals surface area contributed by atoms with Crippen LogP contribution < -0.4 is 5.32 Å². The lowest BCUT2D eigenvalue weighted by atomic mass is 9.99. The number of benzene rings is 1. The average molecular weight is 695 g/mol. The van der Waals surface area contributed by atoms with Crippen molar-refractivity contribution < 1.29 is 47.0 Å². The number of thiophene rings is 1. The lowest BCUT2D eigenvalue weighted by Crippen LogP contribution is -2.59. The fourth-order valence-electron chi connectivity index (χ4n) is 7.72. The van der Waals surface area contributed by atoms with Gasteiger partial charge < -0.3 is 34.5 Å². The van der Waals surface area contributed by atoms with E-state index in [0.717, 1.165) is 36.3 Å². The average Bonchev–Trinajstić information content (AvgIpc) is 3.46. The van der Waals surface area contributed by atoms with Gasteiger partial charge in [0.05, 0.1) is 17.4 Å². The van der Waals surface area contributed by atoms with Crippen LogP contribution in [0.25, 0.3) is 10.1 Å². The maximum absolute atomic E-state index is 14.3. The number of nitrogens with one attached hydrogen (secondary N) is 1. The Hall–Kier alpha value is -2.97. The highest BCUT2D eigenvalue weighted by atomic mass is 32.1. The third-order valence-electron chi connectivity index (χ3n) is 10.5. The van der Waals surface area contributed by atoms with Crippen molar-refractivity contribution in [1.82, 2.24) is 20.0 Å². The van der Waals surface area contributed by atoms with Crippen LogP contribution in [0.1, 0.15) is 53.8 Å². The van der Waals surface area contributed by atoms with Crippen molar-refractivity contribution in [2.45, 2.75) is 62.3 Å². The van der Waals surface area contributed by atoms with Gasteiger partial charge in [0.2, 0.25) is 17.7 Å². The van der Waals surface area contributed by atoms with Gasteiger partial charge in [-0.25, -0.2) is 0 Å². The Morgan fingerprint density at radius 1 is 0.957 bits per heavy atom. The van der Waals surface area contributed by atoms with Crippen molar-refractivity contribution >= 4 is 52.6 Å². The van der Waals surface area contributed by atoms with Gasteiger partial charge in [0.25, 0.3) is 5.91 Å². The van der Waals surface area contributed by atoms with Gasteiger partial charge in [-0.3, -0.25) is 23.7 Å². The van der Waals surface area contributed by atoms with E-state index in [4.69, 9.17) is 14.5 Å². The zero-order chi connectivity index (χ0) is 33.2. The van der Waals surface area contributed by atoms with E-state index in [2.05, 4.69) is 5.32 Å². The molecular weight excluding hydrogens is 657 g/mol. The molecule has 2 aromatic rings. The summed E-state index contributed by atoms with van der Waals surface area (Å²) in [5.41, 5.74) is -5.24. The molecule has 4 aliphatic heterocycles. The van der Waals surface area contributed by atoms with Crippen molar-refractivity contribution in [2.24, 2.45) is 17.8 Å². The van der Waals surface area contributed by atoms with Crippen molar-refractivity contribution in [3.8, 4) is 0 Å². The molecule has 1 aromatic carbocycles. The van der Waals surface area contributed by atoms with Gasteiger partial charge in [-0.1, -0.05) is 6.07 Å². The molecule has 1 aromatic heterocycles. The molecule has 1 aliphatic carbocycles. The number of carbonyl (C=O) groups excluding carboxylic acids is 4. The van der Waals surface area contributed by atoms with Crippen molar-refractivity contribution in [3.05, 3.63) is 34.7 Å². The second-order valence-corrected chi connectivity index (χ2v) is 16.1. The Balaban J connectivity index is 1.05. The maximum atomic E-state index is 14.3. The second-order valence-electron chi connectivity index (χ2n) is 13.4. The minimum Gasteiger partial charge on any atom is -0.381 e. The molecule has 0 unspecified atom stereocenters. The molecule has 0 spiro atoms. The quantitative estimate of drug-likeness (QED) is 0.390. The molecule has 12 nitrogen and oxygen atoms in total. The highest BCUT2D eigenvalue weighted by Crippen LogP contribution is 2.59. The Morgan fingerprint density at radius 3 is 2.34 bits per heavy atom. The minimum atomic E-state index is -5.76. The third kappa shape index (κ3) is 6.09. The SMILES string of the molecule is O=C(N[C@H]1C[C@@H]2C[C@@H]2C[C@H]2CC[C@@H](C(=O)N3CCN(C(=O)[C@H]4CCOC4)CC3)N2C1=O)c1cc2cc(C(F)(F)P(=O)(O)O)ccc2s1. The standard InChI is InChI=1S/C31H37F2N4O8PS/c32-31(33,46(42,43)44)21-1-4-25-20(12-21)15-26(47-25)27(38)34-23-14-19-11-18(19)13-22-2-3-24(37(22)29(23)40)30(41)36-8-6-35(7-9-36)28(39)17-5-10-45-16-17/h1,4,12,15,17-19,22-24H,2-3,5-11,13-14,16H2,(H,34,38)(H2,42,43,44)/t17-,18+,19-,22+,23-,24-/m0/s1. The summed E-state index contributed by atoms with van der Waals surface area (Å²) in [5, 5.41) is 3.09. The Bertz CT molecular complexity index is 1650. The fraction of sp³-hybridized carbons (Fsp3) is 0.613. The van der Waals surface area contributed by atoms with Crippen LogP contribution >= 0.6 is 18.9 Å². The zero-order valence-corrected chi connectivity index (χ0v) is 27.3. The third-order valence-corrected chi connectivity index (χ3v) is 12.6. The summed E-state index contributed by atoms with van der Waals surface area (Å²) >= 11 is 1.02. The topological polar surface area (TPSA) is 157 Å². The van der Waals surface area contributed by atoms with Crippen LogP contribution in [-0.4, -0.2) is 106 Å². The van der Waals surface area contributed by atoms with Crippen molar-refractivity contribution in [3.63, 3.8) is 0 Å². The molecule has 16 heteroatoms. The smallest absolute Gasteiger partial charge is 0.381 e. The van der Waals surface area contributed by atoms with Gasteiger partial charge in [0.15, 0.2) is 0 Å². The van der Waals surface area contributed by atoms with E-state index in [0.29, 0.717) is 75.7 Å². The van der Waals surface area contributed by atoms with E-state index in [1.807, 2.05) is 0 Å². The molecule has 4 amide bonds. The van der Waals surface area contributed by atoms with E-state index in [9.17, 15) is 32.5 Å². The number of rotatable bonds is 6. The number of halogens is 2. The van der Waals surface area contributed by atoms with Gasteiger partial charge in [-0.05, 0) is 73.9 Å². The minimum absolute atomic E-state index is 0.0604. The van der Waals surface area contributed by atoms with E-state index >= 15 is 0 Å². The number of hydrogen-bond donors (Lipinski definition) is 3. The van der Waals surface area contributed by atoms with E-state index in [1.165, 1.54) is 12.1 Å². The molecule has 0 bridgehead atoms. The Labute approximate surface area is 273 Å². The molecule has 47 heavy (non-hydrogen) atoms. The van der Waals surface area contributed by atoms with Crippen LogP contribution in [0.5, 0.6) is 0 Å². The highest BCUT2D eigenvalue weighted by Gasteiger charge is 2.52. The first-order chi connectivity index (χ1) is 22.3. The van der Waals surface area contributed by atoms with Gasteiger partial charge >= 0.3 is 13.3 Å². The van der Waals surface area contributed by atoms with Gasteiger partial charge in [0, 0.05) is 49.1 Å². The number of hydrogen-bond acceptors (Lipinski definition) is 7. The van der Waals surface area contributed by atoms with E-state index < -0.39 is 36.8 Å². The summed E-state index contributed by atoms with van der Waals surface area (Å²) in [6.45, 7) is 2.65. The summed E-state index contributed by atoms with van der Waals surface area (Å²) < 4.78 is 45.8. The summed E-state index contributed by atoms with van der Waals surface area (Å²) in [5.74, 6) is -0.365. The van der Waals surface area contributed by atoms with Gasteiger partial charge in [-0.15, -0.1) is 11.3 Å². The molecule has 254 valence electrons. The predicted molar refractivity (Wildman–Crippen MR) is 166 cm³/mol. The maximum Gasteiger partial charge on any atom is 0.399 e. The van der Waals surface area contributed by atoms with Crippen LogP contribution in [0.2, 0.25) is 0 Å². The molecule has 5 aliphatic rings. The summed E-state index contributed by atoms with van der Waals surface area (Å²) in [6.07, 6.45) is 4.15. The largest absolute Gasteiger partial charge is 0.399 e. The van der Waals surface area contributed by atoms with Gasteiger partial charge in [0.1, 0.15) is 12.1 Å². The monoisotopic (exact) mass is 694 g/mol. The molecule has 7 rings (SSSR count). The van der Waals surface area contributed by atoms with Gasteiger partial charge in [-0.2, -0.15) is 8.78 Å². The molecular formula is C31H37F2N4O8PS. The molecule has 6 atom stereocenters. The number of fused-ring (bicyclic) bond motifs is 3. The number of ether oxygens (including phenoxy) is 1. The Morgan fingerprint density at radius 2 is 1.66 bits per heavy atom. The molecule has 1 saturated carbocycles. The van der Waals surface area contributed by atoms with E-state index in [-0.39, 0.29) is 45.9 Å². The molecule has 5 fully saturated rings. The molecule has 3 N–H and O–H groups in total. The Kier molecular flexibility index (Phi) is 8.43. The van der Waals surface area contributed by atoms with Crippen molar-refractivity contribution in [2.75, 3.05) is 39.4 Å². The summed E-state index contributed by atoms with van der Waals surface area (Å²) in [4.78, 5) is 77.9. The lowest BCUT2D eigenvalue weighted by molar-refractivity contribution is -0.149. The predicted octanol–water partition coefficient (Wildman–Crippen LogP) is 2.72. The first-order valence-corrected chi connectivity index (χ1v) is 18.5. The molecule has 0 radical (unpaired) electrons. The number of nitrogens with zero attached hydrogens (tertiary/aromatic N) is 3. The first kappa shape index (κ1) is 32.6. The van der Waals surface area contributed by atoms with Crippen LogP contribution in [0.4, 0.5) is 8.78 Å². The lowest BCUT2D eigenvalue weighted by Gasteiger charge is -2.40. The van der Waals surface area contributed by atoms with Crippen LogP contribution in [0.15, 0.2) is 24.3 Å². The number of carbonyl (C=O) groups is 4. The molecule has 4 saturated heterocycles.